The van der Waals surface area contributed by atoms with Crippen LogP contribution >= 0.6 is 11.6 Å². The number of halogens is 2. The third-order valence-electron chi connectivity index (χ3n) is 4.26. The zero-order valence-corrected chi connectivity index (χ0v) is 18.4. The fourth-order valence-electron chi connectivity index (χ4n) is 2.72. The maximum atomic E-state index is 13.7. The van der Waals surface area contributed by atoms with Gasteiger partial charge in [-0.1, -0.05) is 23.7 Å². The molecule has 0 aliphatic carbocycles. The van der Waals surface area contributed by atoms with Gasteiger partial charge in [0.15, 0.2) is 18.1 Å². The molecule has 0 radical (unpaired) electrons. The van der Waals surface area contributed by atoms with E-state index in [9.17, 15) is 14.0 Å². The smallest absolute Gasteiger partial charge is 0.271 e. The van der Waals surface area contributed by atoms with Gasteiger partial charge in [0.1, 0.15) is 5.82 Å². The molecule has 0 aliphatic heterocycles. The molecular weight excluding hydrogens is 449 g/mol. The van der Waals surface area contributed by atoms with Crippen molar-refractivity contribution in [2.24, 2.45) is 5.10 Å². The fraction of sp³-hybridized carbons (Fsp3) is 0.125. The van der Waals surface area contributed by atoms with Crippen molar-refractivity contribution in [1.82, 2.24) is 5.43 Å². The second-order valence-corrected chi connectivity index (χ2v) is 7.10. The summed E-state index contributed by atoms with van der Waals surface area (Å²) in [7, 11) is 0. The van der Waals surface area contributed by atoms with Crippen molar-refractivity contribution in [3.05, 3.63) is 88.7 Å². The summed E-state index contributed by atoms with van der Waals surface area (Å²) in [6, 6.07) is 17.2. The number of carbonyl (C=O) groups excluding carboxylic acids is 2. The summed E-state index contributed by atoms with van der Waals surface area (Å²) in [5, 5.41) is 6.93. The minimum absolute atomic E-state index is 0.0725. The number of amides is 2. The molecule has 2 N–H and O–H groups in total. The van der Waals surface area contributed by atoms with E-state index in [0.717, 1.165) is 0 Å². The standard InChI is InChI=1S/C24H21ClFN3O4/c1-2-32-22-13-16(14-27-29-24(31)17-8-10-18(25)11-9-17)7-12-21(22)33-15-23(30)28-20-6-4-3-5-19(20)26/h3-14H,2,15H2,1H3,(H,28,30)(H,29,31). The average Bonchev–Trinajstić information content (AvgIpc) is 2.80. The fourth-order valence-corrected chi connectivity index (χ4v) is 2.84. The SMILES string of the molecule is CCOc1cc(C=NNC(=O)c2ccc(Cl)cc2)ccc1OCC(=O)Nc1ccccc1F. The average molecular weight is 470 g/mol. The Morgan fingerprint density at radius 2 is 1.79 bits per heavy atom. The number of para-hydroxylation sites is 1. The molecule has 0 unspecified atom stereocenters. The molecule has 3 aromatic rings. The van der Waals surface area contributed by atoms with Crippen LogP contribution in [0.1, 0.15) is 22.8 Å². The van der Waals surface area contributed by atoms with Gasteiger partial charge in [0.05, 0.1) is 18.5 Å². The van der Waals surface area contributed by atoms with Gasteiger partial charge in [-0.25, -0.2) is 9.82 Å². The first-order valence-corrected chi connectivity index (χ1v) is 10.4. The zero-order valence-electron chi connectivity index (χ0n) is 17.7. The van der Waals surface area contributed by atoms with Gasteiger partial charge in [-0.2, -0.15) is 5.10 Å². The van der Waals surface area contributed by atoms with E-state index in [1.165, 1.54) is 24.4 Å². The largest absolute Gasteiger partial charge is 0.490 e. The molecule has 33 heavy (non-hydrogen) atoms. The summed E-state index contributed by atoms with van der Waals surface area (Å²) < 4.78 is 24.8. The van der Waals surface area contributed by atoms with Crippen molar-refractivity contribution in [3.8, 4) is 11.5 Å². The summed E-state index contributed by atoms with van der Waals surface area (Å²) >= 11 is 5.82. The van der Waals surface area contributed by atoms with Gasteiger partial charge in [-0.15, -0.1) is 0 Å². The molecule has 0 aromatic heterocycles. The number of nitrogens with one attached hydrogen (secondary N) is 2. The molecule has 7 nitrogen and oxygen atoms in total. The minimum atomic E-state index is -0.535. The highest BCUT2D eigenvalue weighted by molar-refractivity contribution is 6.30. The van der Waals surface area contributed by atoms with Gasteiger partial charge < -0.3 is 14.8 Å². The molecule has 9 heteroatoms. The van der Waals surface area contributed by atoms with E-state index in [2.05, 4.69) is 15.8 Å². The molecule has 170 valence electrons. The molecule has 2 amide bonds. The van der Waals surface area contributed by atoms with Crippen LogP contribution in [0.25, 0.3) is 0 Å². The van der Waals surface area contributed by atoms with Crippen LogP contribution < -0.4 is 20.2 Å². The van der Waals surface area contributed by atoms with Gasteiger partial charge in [0, 0.05) is 10.6 Å². The van der Waals surface area contributed by atoms with Crippen molar-refractivity contribution in [2.75, 3.05) is 18.5 Å². The first kappa shape index (κ1) is 23.7. The van der Waals surface area contributed by atoms with Gasteiger partial charge in [0.2, 0.25) is 0 Å². The Hall–Kier alpha value is -3.91. The van der Waals surface area contributed by atoms with E-state index in [-0.39, 0.29) is 18.2 Å². The van der Waals surface area contributed by atoms with Crippen LogP contribution in [0.4, 0.5) is 10.1 Å². The number of hydrazone groups is 1. The summed E-state index contributed by atoms with van der Waals surface area (Å²) in [4.78, 5) is 24.2. The molecule has 0 saturated heterocycles. The lowest BCUT2D eigenvalue weighted by Crippen LogP contribution is -2.21. The zero-order chi connectivity index (χ0) is 23.6. The molecule has 0 atom stereocenters. The molecule has 0 spiro atoms. The number of anilines is 1. The molecule has 0 heterocycles. The molecule has 0 aliphatic rings. The van der Waals surface area contributed by atoms with Gasteiger partial charge in [0.25, 0.3) is 11.8 Å². The second kappa shape index (κ2) is 11.6. The lowest BCUT2D eigenvalue weighted by molar-refractivity contribution is -0.118. The Bertz CT molecular complexity index is 1150. The third-order valence-corrected chi connectivity index (χ3v) is 4.51. The Kier molecular flexibility index (Phi) is 8.37. The molecular formula is C24H21ClFN3O4. The van der Waals surface area contributed by atoms with E-state index in [4.69, 9.17) is 21.1 Å². The maximum absolute atomic E-state index is 13.7. The van der Waals surface area contributed by atoms with Crippen molar-refractivity contribution in [1.29, 1.82) is 0 Å². The number of rotatable bonds is 9. The minimum Gasteiger partial charge on any atom is -0.490 e. The van der Waals surface area contributed by atoms with Crippen LogP contribution in [0.5, 0.6) is 11.5 Å². The predicted molar refractivity (Wildman–Crippen MR) is 125 cm³/mol. The number of ether oxygens (including phenoxy) is 2. The number of benzene rings is 3. The monoisotopic (exact) mass is 469 g/mol. The quantitative estimate of drug-likeness (QED) is 0.352. The first-order chi connectivity index (χ1) is 16.0. The van der Waals surface area contributed by atoms with Crippen LogP contribution in [0.15, 0.2) is 71.8 Å². The van der Waals surface area contributed by atoms with E-state index in [1.807, 2.05) is 6.92 Å². The normalized spacial score (nSPS) is 10.6. The van der Waals surface area contributed by atoms with Crippen molar-refractivity contribution >= 4 is 35.3 Å². The van der Waals surface area contributed by atoms with Crippen LogP contribution in [0.3, 0.4) is 0 Å². The number of hydrogen-bond acceptors (Lipinski definition) is 5. The molecule has 3 rings (SSSR count). The predicted octanol–water partition coefficient (Wildman–Crippen LogP) is 4.66. The van der Waals surface area contributed by atoms with E-state index >= 15 is 0 Å². The van der Waals surface area contributed by atoms with Gasteiger partial charge >= 0.3 is 0 Å². The van der Waals surface area contributed by atoms with Gasteiger partial charge in [-0.05, 0) is 67.1 Å². The topological polar surface area (TPSA) is 89.0 Å². The Labute approximate surface area is 195 Å². The van der Waals surface area contributed by atoms with E-state index in [0.29, 0.717) is 34.3 Å². The number of nitrogens with zero attached hydrogens (tertiary/aromatic N) is 1. The van der Waals surface area contributed by atoms with Crippen LogP contribution in [0.2, 0.25) is 5.02 Å². The third kappa shape index (κ3) is 7.05. The Morgan fingerprint density at radius 1 is 1.03 bits per heavy atom. The summed E-state index contributed by atoms with van der Waals surface area (Å²) in [6.45, 7) is 1.84. The molecule has 0 bridgehead atoms. The van der Waals surface area contributed by atoms with Crippen molar-refractivity contribution in [2.45, 2.75) is 6.92 Å². The summed E-state index contributed by atoms with van der Waals surface area (Å²) in [5.41, 5.74) is 3.56. The summed E-state index contributed by atoms with van der Waals surface area (Å²) in [6.07, 6.45) is 1.45. The summed E-state index contributed by atoms with van der Waals surface area (Å²) in [5.74, 6) is -0.702. The van der Waals surface area contributed by atoms with Crippen LogP contribution in [-0.4, -0.2) is 31.2 Å². The highest BCUT2D eigenvalue weighted by atomic mass is 35.5. The molecule has 3 aromatic carbocycles. The van der Waals surface area contributed by atoms with Crippen LogP contribution in [-0.2, 0) is 4.79 Å². The van der Waals surface area contributed by atoms with Crippen molar-refractivity contribution < 1.29 is 23.5 Å². The number of hydrogen-bond donors (Lipinski definition) is 2. The highest BCUT2D eigenvalue weighted by Crippen LogP contribution is 2.28. The van der Waals surface area contributed by atoms with E-state index < -0.39 is 11.7 Å². The van der Waals surface area contributed by atoms with Gasteiger partial charge in [-0.3, -0.25) is 9.59 Å². The first-order valence-electron chi connectivity index (χ1n) is 9.99. The Morgan fingerprint density at radius 3 is 2.52 bits per heavy atom. The maximum Gasteiger partial charge on any atom is 0.271 e. The van der Waals surface area contributed by atoms with E-state index in [1.54, 1.807) is 48.5 Å². The number of carbonyl (C=O) groups is 2. The lowest BCUT2D eigenvalue weighted by atomic mass is 10.2. The Balaban J connectivity index is 1.60. The van der Waals surface area contributed by atoms with Crippen molar-refractivity contribution in [3.63, 3.8) is 0 Å². The molecule has 0 fully saturated rings. The lowest BCUT2D eigenvalue weighted by Gasteiger charge is -2.13. The molecule has 0 saturated carbocycles. The second-order valence-electron chi connectivity index (χ2n) is 6.66. The van der Waals surface area contributed by atoms with Crippen LogP contribution in [0, 0.1) is 5.82 Å². The highest BCUT2D eigenvalue weighted by Gasteiger charge is 2.11.